The van der Waals surface area contributed by atoms with Gasteiger partial charge in [0.05, 0.1) is 6.61 Å². The molecule has 0 heterocycles. The predicted octanol–water partition coefficient (Wildman–Crippen LogP) is 4.39. The second-order valence-corrected chi connectivity index (χ2v) is 6.26. The first-order chi connectivity index (χ1) is 9.29. The molecule has 1 atom stereocenters. The van der Waals surface area contributed by atoms with Crippen LogP contribution in [0.1, 0.15) is 39.0 Å². The number of rotatable bonds is 9. The number of hydrogen-bond donors (Lipinski definition) is 1. The summed E-state index contributed by atoms with van der Waals surface area (Å²) in [5.74, 6) is 1.89. The summed E-state index contributed by atoms with van der Waals surface area (Å²) in [7, 11) is 0. The summed E-state index contributed by atoms with van der Waals surface area (Å²) in [5.41, 5.74) is 0. The van der Waals surface area contributed by atoms with Crippen LogP contribution in [-0.2, 0) is 0 Å². The van der Waals surface area contributed by atoms with Gasteiger partial charge in [-0.15, -0.1) is 0 Å². The highest BCUT2D eigenvalue weighted by Crippen LogP contribution is 2.34. The monoisotopic (exact) mass is 325 g/mol. The van der Waals surface area contributed by atoms with Gasteiger partial charge in [-0.3, -0.25) is 0 Å². The maximum absolute atomic E-state index is 5.78. The maximum Gasteiger partial charge on any atom is 0.120 e. The van der Waals surface area contributed by atoms with Crippen LogP contribution in [0.5, 0.6) is 5.75 Å². The minimum Gasteiger partial charge on any atom is -0.494 e. The molecule has 0 radical (unpaired) electrons. The van der Waals surface area contributed by atoms with Crippen molar-refractivity contribution in [3.8, 4) is 5.75 Å². The Labute approximate surface area is 125 Å². The molecule has 0 amide bonds. The van der Waals surface area contributed by atoms with Crippen LogP contribution in [0.25, 0.3) is 0 Å². The third-order valence-electron chi connectivity index (χ3n) is 3.57. The van der Waals surface area contributed by atoms with Crippen LogP contribution >= 0.6 is 15.9 Å². The lowest BCUT2D eigenvalue weighted by atomic mass is 10.1. The molecule has 0 aliphatic heterocycles. The van der Waals surface area contributed by atoms with E-state index in [0.29, 0.717) is 6.04 Å². The van der Waals surface area contributed by atoms with E-state index in [1.54, 1.807) is 0 Å². The van der Waals surface area contributed by atoms with Crippen molar-refractivity contribution in [1.82, 2.24) is 5.32 Å². The van der Waals surface area contributed by atoms with Gasteiger partial charge in [0.2, 0.25) is 0 Å². The first-order valence-electron chi connectivity index (χ1n) is 7.41. The summed E-state index contributed by atoms with van der Waals surface area (Å²) in [6, 6.07) is 8.78. The van der Waals surface area contributed by atoms with Crippen molar-refractivity contribution in [1.29, 1.82) is 0 Å². The van der Waals surface area contributed by atoms with Crippen LogP contribution in [0.15, 0.2) is 28.7 Å². The van der Waals surface area contributed by atoms with Crippen molar-refractivity contribution in [3.05, 3.63) is 28.7 Å². The van der Waals surface area contributed by atoms with E-state index in [1.807, 2.05) is 24.3 Å². The highest BCUT2D eigenvalue weighted by Gasteiger charge is 2.29. The summed E-state index contributed by atoms with van der Waals surface area (Å²) in [6.45, 7) is 4.19. The Morgan fingerprint density at radius 1 is 1.42 bits per heavy atom. The van der Waals surface area contributed by atoms with E-state index in [2.05, 4.69) is 28.2 Å². The van der Waals surface area contributed by atoms with E-state index >= 15 is 0 Å². The minimum atomic E-state index is 0.714. The van der Waals surface area contributed by atoms with Gasteiger partial charge in [-0.25, -0.2) is 0 Å². The van der Waals surface area contributed by atoms with Crippen LogP contribution < -0.4 is 10.1 Å². The van der Waals surface area contributed by atoms with Gasteiger partial charge in [0.15, 0.2) is 0 Å². The molecule has 1 fully saturated rings. The zero-order valence-corrected chi connectivity index (χ0v) is 13.3. The third kappa shape index (κ3) is 5.53. The zero-order chi connectivity index (χ0) is 13.5. The highest BCUT2D eigenvalue weighted by molar-refractivity contribution is 9.10. The molecule has 0 bridgehead atoms. The quantitative estimate of drug-likeness (QED) is 0.680. The lowest BCUT2D eigenvalue weighted by molar-refractivity contribution is 0.290. The van der Waals surface area contributed by atoms with Gasteiger partial charge in [-0.05, 0) is 62.8 Å². The molecule has 3 heteroatoms. The number of nitrogens with one attached hydrogen (secondary N) is 1. The fraction of sp³-hybridized carbons (Fsp3) is 0.625. The lowest BCUT2D eigenvalue weighted by Gasteiger charge is -2.18. The molecule has 1 unspecified atom stereocenters. The molecule has 0 aromatic heterocycles. The largest absolute Gasteiger partial charge is 0.494 e. The normalized spacial score (nSPS) is 16.3. The molecule has 1 aromatic rings. The molecular weight excluding hydrogens is 302 g/mol. The maximum atomic E-state index is 5.78. The van der Waals surface area contributed by atoms with Crippen molar-refractivity contribution in [2.24, 2.45) is 5.92 Å². The topological polar surface area (TPSA) is 21.3 Å². The van der Waals surface area contributed by atoms with Crippen molar-refractivity contribution in [2.45, 2.75) is 45.1 Å². The smallest absolute Gasteiger partial charge is 0.120 e. The van der Waals surface area contributed by atoms with E-state index < -0.39 is 0 Å². The molecule has 2 rings (SSSR count). The van der Waals surface area contributed by atoms with Crippen molar-refractivity contribution in [2.75, 3.05) is 13.2 Å². The Hall–Kier alpha value is -0.540. The fourth-order valence-electron chi connectivity index (χ4n) is 2.38. The van der Waals surface area contributed by atoms with Crippen LogP contribution in [0.4, 0.5) is 0 Å². The molecule has 1 aliphatic rings. The third-order valence-corrected chi connectivity index (χ3v) is 4.07. The van der Waals surface area contributed by atoms with Gasteiger partial charge in [0.1, 0.15) is 5.75 Å². The van der Waals surface area contributed by atoms with Gasteiger partial charge >= 0.3 is 0 Å². The molecular formula is C16H24BrNO. The average molecular weight is 326 g/mol. The van der Waals surface area contributed by atoms with E-state index in [-0.39, 0.29) is 0 Å². The molecule has 1 aromatic carbocycles. The highest BCUT2D eigenvalue weighted by atomic mass is 79.9. The summed E-state index contributed by atoms with van der Waals surface area (Å²) in [4.78, 5) is 0. The Kier molecular flexibility index (Phi) is 6.18. The molecule has 2 nitrogen and oxygen atoms in total. The molecule has 106 valence electrons. The van der Waals surface area contributed by atoms with Gasteiger partial charge < -0.3 is 10.1 Å². The Balaban J connectivity index is 1.64. The molecule has 0 saturated heterocycles. The summed E-state index contributed by atoms with van der Waals surface area (Å²) in [5, 5.41) is 3.68. The van der Waals surface area contributed by atoms with Crippen LogP contribution in [0, 0.1) is 5.92 Å². The van der Waals surface area contributed by atoms with E-state index in [0.717, 1.165) is 35.7 Å². The van der Waals surface area contributed by atoms with Crippen LogP contribution in [0.3, 0.4) is 0 Å². The predicted molar refractivity (Wildman–Crippen MR) is 83.7 cm³/mol. The molecule has 1 saturated carbocycles. The standard InChI is InChI=1S/C16H24BrNO/c1-2-10-18-16(13-8-9-13)7-4-11-19-15-6-3-5-14(17)12-15/h3,5-6,12-13,16,18H,2,4,7-11H2,1H3. The van der Waals surface area contributed by atoms with Gasteiger partial charge in [0, 0.05) is 10.5 Å². The molecule has 0 spiro atoms. The molecule has 19 heavy (non-hydrogen) atoms. The fourth-order valence-corrected chi connectivity index (χ4v) is 2.76. The SMILES string of the molecule is CCCNC(CCCOc1cccc(Br)c1)C1CC1. The Morgan fingerprint density at radius 3 is 2.95 bits per heavy atom. The van der Waals surface area contributed by atoms with Crippen molar-refractivity contribution < 1.29 is 4.74 Å². The number of benzene rings is 1. The summed E-state index contributed by atoms with van der Waals surface area (Å²) < 4.78 is 6.86. The van der Waals surface area contributed by atoms with E-state index in [4.69, 9.17) is 4.74 Å². The van der Waals surface area contributed by atoms with Gasteiger partial charge in [-0.2, -0.15) is 0 Å². The van der Waals surface area contributed by atoms with Crippen LogP contribution in [-0.4, -0.2) is 19.2 Å². The van der Waals surface area contributed by atoms with Crippen LogP contribution in [0.2, 0.25) is 0 Å². The first-order valence-corrected chi connectivity index (χ1v) is 8.20. The van der Waals surface area contributed by atoms with Gasteiger partial charge in [-0.1, -0.05) is 28.9 Å². The average Bonchev–Trinajstić information content (AvgIpc) is 3.22. The number of halogens is 1. The Bertz CT molecular complexity index is 379. The second kappa shape index (κ2) is 7.91. The summed E-state index contributed by atoms with van der Waals surface area (Å²) in [6.07, 6.45) is 6.41. The number of hydrogen-bond acceptors (Lipinski definition) is 2. The van der Waals surface area contributed by atoms with Crippen molar-refractivity contribution >= 4 is 15.9 Å². The number of ether oxygens (including phenoxy) is 1. The van der Waals surface area contributed by atoms with E-state index in [1.165, 1.54) is 25.7 Å². The van der Waals surface area contributed by atoms with Crippen molar-refractivity contribution in [3.63, 3.8) is 0 Å². The first kappa shape index (κ1) is 14.9. The zero-order valence-electron chi connectivity index (χ0n) is 11.7. The summed E-state index contributed by atoms with van der Waals surface area (Å²) >= 11 is 3.46. The minimum absolute atomic E-state index is 0.714. The lowest BCUT2D eigenvalue weighted by Crippen LogP contribution is -2.32. The molecule has 1 aliphatic carbocycles. The molecule has 1 N–H and O–H groups in total. The Morgan fingerprint density at radius 2 is 2.26 bits per heavy atom. The van der Waals surface area contributed by atoms with E-state index in [9.17, 15) is 0 Å². The second-order valence-electron chi connectivity index (χ2n) is 5.35. The van der Waals surface area contributed by atoms with Gasteiger partial charge in [0.25, 0.3) is 0 Å².